The summed E-state index contributed by atoms with van der Waals surface area (Å²) in [6.45, 7) is 14.1. The number of aliphatic hydroxyl groups is 1. The number of nitrogens with one attached hydrogen (secondary N) is 1. The maximum Gasteiger partial charge on any atom is 0.330 e. The zero-order valence-corrected chi connectivity index (χ0v) is 29.2. The van der Waals surface area contributed by atoms with Crippen LogP contribution in [0.1, 0.15) is 70.8 Å². The van der Waals surface area contributed by atoms with Crippen molar-refractivity contribution in [3.63, 3.8) is 0 Å². The predicted octanol–water partition coefficient (Wildman–Crippen LogP) is 2.60. The van der Waals surface area contributed by atoms with Crippen molar-refractivity contribution in [1.82, 2.24) is 20.1 Å². The molecule has 0 spiro atoms. The Morgan fingerprint density at radius 1 is 1.17 bits per heavy atom. The molecule has 6 atom stereocenters. The molecule has 1 saturated heterocycles. The average molecular weight is 675 g/mol. The molecule has 12 nitrogen and oxygen atoms in total. The summed E-state index contributed by atoms with van der Waals surface area (Å²) in [7, 11) is -1.45. The van der Waals surface area contributed by atoms with Gasteiger partial charge < -0.3 is 29.4 Å². The highest BCUT2D eigenvalue weighted by molar-refractivity contribution is 7.85. The number of rotatable bonds is 7. The fourth-order valence-corrected chi connectivity index (χ4v) is 7.51. The summed E-state index contributed by atoms with van der Waals surface area (Å²) in [5, 5.41) is 12.5. The second kappa shape index (κ2) is 18.2. The van der Waals surface area contributed by atoms with Gasteiger partial charge in [0.05, 0.1) is 17.8 Å². The van der Waals surface area contributed by atoms with Crippen LogP contribution >= 0.6 is 0 Å². The Morgan fingerprint density at radius 2 is 1.89 bits per heavy atom. The Bertz CT molecular complexity index is 1370. The molecule has 3 rings (SSSR count). The molecule has 2 bridgehead atoms. The van der Waals surface area contributed by atoms with Gasteiger partial charge in [-0.2, -0.15) is 0 Å². The molecule has 2 aliphatic rings. The number of hydrogen-bond donors (Lipinski definition) is 2. The Balaban J connectivity index is 1.96. The lowest BCUT2D eigenvalue weighted by Gasteiger charge is -2.31. The minimum absolute atomic E-state index is 0.0124. The molecule has 3 heterocycles. The van der Waals surface area contributed by atoms with E-state index in [0.717, 1.165) is 19.4 Å². The van der Waals surface area contributed by atoms with Crippen LogP contribution in [0.25, 0.3) is 0 Å². The molecule has 13 heteroatoms. The second-order valence-electron chi connectivity index (χ2n) is 12.4. The molecule has 2 amide bonds. The topological polar surface area (TPSA) is 159 Å². The number of Topliss-reactive ketones (excluding diaryl/α,β-unsaturated/α-hetero) is 1. The van der Waals surface area contributed by atoms with Gasteiger partial charge in [0.2, 0.25) is 11.8 Å². The molecule has 1 unspecified atom stereocenters. The number of fused-ring (bicyclic) bond motifs is 3. The normalized spacial score (nSPS) is 28.7. The number of aromatic nitrogens is 1. The number of esters is 1. The molecule has 0 radical (unpaired) electrons. The number of ether oxygens (including phenoxy) is 1. The van der Waals surface area contributed by atoms with Crippen LogP contribution < -0.4 is 5.32 Å². The van der Waals surface area contributed by atoms with Gasteiger partial charge in [0.25, 0.3) is 5.91 Å². The third kappa shape index (κ3) is 11.1. The van der Waals surface area contributed by atoms with Crippen LogP contribution in [0.4, 0.5) is 0 Å². The Labute approximate surface area is 280 Å². The molecule has 0 saturated carbocycles. The average Bonchev–Trinajstić information content (AvgIpc) is 3.68. The lowest BCUT2D eigenvalue weighted by Crippen LogP contribution is -2.49. The van der Waals surface area contributed by atoms with Gasteiger partial charge in [-0.15, -0.1) is 0 Å². The summed E-state index contributed by atoms with van der Waals surface area (Å²) in [6.07, 6.45) is 7.46. The number of oxazole rings is 1. The number of cyclic esters (lactones) is 1. The van der Waals surface area contributed by atoms with Crippen LogP contribution in [-0.2, 0) is 36.3 Å². The van der Waals surface area contributed by atoms with E-state index in [2.05, 4.69) is 15.2 Å². The summed E-state index contributed by atoms with van der Waals surface area (Å²) < 4.78 is 25.2. The molecule has 260 valence electrons. The lowest BCUT2D eigenvalue weighted by atomic mass is 9.94. The molecule has 1 aromatic rings. The SMILES string of the molecule is CCN(CC)CCS(=O)[C@@H]1CCN2C(=O)c3coc(n3)CC(=O)C[C@H](O)/C=C(C)\C=C/CNC(=O)/C=C\[C@@H](C)[C@@H](C(C)C)OC(=O)[C@H]12. The van der Waals surface area contributed by atoms with Gasteiger partial charge in [0, 0.05) is 48.5 Å². The van der Waals surface area contributed by atoms with E-state index in [0.29, 0.717) is 24.3 Å². The van der Waals surface area contributed by atoms with Gasteiger partial charge in [-0.1, -0.05) is 64.5 Å². The number of carbonyl (C=O) groups excluding carboxylic acids is 4. The summed E-state index contributed by atoms with van der Waals surface area (Å²) in [5.41, 5.74) is 0.628. The van der Waals surface area contributed by atoms with E-state index in [9.17, 15) is 28.5 Å². The van der Waals surface area contributed by atoms with E-state index in [4.69, 9.17) is 9.15 Å². The van der Waals surface area contributed by atoms with E-state index < -0.39 is 46.2 Å². The molecule has 2 aliphatic heterocycles. The van der Waals surface area contributed by atoms with Gasteiger partial charge in [-0.25, -0.2) is 9.78 Å². The van der Waals surface area contributed by atoms with Crippen LogP contribution in [0.5, 0.6) is 0 Å². The van der Waals surface area contributed by atoms with Crippen molar-refractivity contribution in [2.45, 2.75) is 84.3 Å². The molecule has 0 aliphatic carbocycles. The lowest BCUT2D eigenvalue weighted by molar-refractivity contribution is -0.157. The Hall–Kier alpha value is -3.42. The first-order valence-corrected chi connectivity index (χ1v) is 17.8. The number of ketones is 1. The summed E-state index contributed by atoms with van der Waals surface area (Å²) >= 11 is 0. The molecular weight excluding hydrogens is 624 g/mol. The van der Waals surface area contributed by atoms with Gasteiger partial charge in [-0.05, 0) is 38.4 Å². The summed E-state index contributed by atoms with van der Waals surface area (Å²) in [4.78, 5) is 60.7. The molecule has 2 N–H and O–H groups in total. The van der Waals surface area contributed by atoms with Crippen molar-refractivity contribution in [2.24, 2.45) is 11.8 Å². The smallest absolute Gasteiger partial charge is 0.330 e. The van der Waals surface area contributed by atoms with Crippen LogP contribution in [0.2, 0.25) is 0 Å². The van der Waals surface area contributed by atoms with Crippen molar-refractivity contribution < 1.29 is 37.6 Å². The fraction of sp³-hybridized carbons (Fsp3) is 0.618. The van der Waals surface area contributed by atoms with E-state index in [-0.39, 0.29) is 61.0 Å². The first-order chi connectivity index (χ1) is 22.3. The molecule has 47 heavy (non-hydrogen) atoms. The highest BCUT2D eigenvalue weighted by Crippen LogP contribution is 2.29. The van der Waals surface area contributed by atoms with Crippen molar-refractivity contribution in [3.8, 4) is 0 Å². The molecule has 0 aromatic carbocycles. The number of amides is 2. The van der Waals surface area contributed by atoms with Gasteiger partial charge in [0.1, 0.15) is 24.2 Å². The van der Waals surface area contributed by atoms with E-state index in [1.807, 2.05) is 34.6 Å². The van der Waals surface area contributed by atoms with Crippen molar-refractivity contribution in [1.29, 1.82) is 0 Å². The monoisotopic (exact) mass is 674 g/mol. The van der Waals surface area contributed by atoms with Crippen molar-refractivity contribution in [3.05, 3.63) is 53.8 Å². The van der Waals surface area contributed by atoms with Crippen LogP contribution in [0.3, 0.4) is 0 Å². The highest BCUT2D eigenvalue weighted by Gasteiger charge is 2.47. The number of allylic oxidation sites excluding steroid dienone is 2. The predicted molar refractivity (Wildman–Crippen MR) is 179 cm³/mol. The number of aliphatic hydroxyl groups excluding tert-OH is 1. The molecule has 1 fully saturated rings. The van der Waals surface area contributed by atoms with Crippen LogP contribution in [0.15, 0.2) is 46.6 Å². The largest absolute Gasteiger partial charge is 0.460 e. The minimum atomic E-state index is -1.45. The molecule has 1 aromatic heterocycles. The number of nitrogens with zero attached hydrogens (tertiary/aromatic N) is 3. The van der Waals surface area contributed by atoms with Gasteiger partial charge in [0.15, 0.2) is 5.69 Å². The quantitative estimate of drug-likeness (QED) is 0.412. The van der Waals surface area contributed by atoms with Crippen LogP contribution in [0, 0.1) is 11.8 Å². The zero-order chi connectivity index (χ0) is 34.7. The summed E-state index contributed by atoms with van der Waals surface area (Å²) in [5.74, 6) is -2.05. The van der Waals surface area contributed by atoms with Crippen molar-refractivity contribution in [2.75, 3.05) is 38.5 Å². The maximum atomic E-state index is 14.0. The Kier molecular flexibility index (Phi) is 14.7. The van der Waals surface area contributed by atoms with E-state index in [1.54, 1.807) is 25.2 Å². The number of hydrogen-bond acceptors (Lipinski definition) is 10. The minimum Gasteiger partial charge on any atom is -0.460 e. The first-order valence-electron chi connectivity index (χ1n) is 16.4. The molecular formula is C34H50N4O8S. The van der Waals surface area contributed by atoms with Gasteiger partial charge >= 0.3 is 5.97 Å². The number of carbonyl (C=O) groups is 4. The third-order valence-corrected chi connectivity index (χ3v) is 10.2. The zero-order valence-electron chi connectivity index (χ0n) is 28.3. The van der Waals surface area contributed by atoms with Crippen LogP contribution in [-0.4, -0.2) is 110 Å². The summed E-state index contributed by atoms with van der Waals surface area (Å²) in [6, 6.07) is -1.12. The standard InChI is InChI=1S/C34H50N4O8S/c1-7-37(8-2)16-17-47(44)28-13-15-38-31(28)34(43)46-32(22(3)4)24(6)11-12-29(41)35-14-9-10-23(5)18-25(39)19-26(40)20-30-36-27(21-45-30)33(38)42/h9-12,18,21-22,24-25,28,31-32,39H,7-8,13-17,19-20H2,1-6H3,(H,35,41)/b10-9-,12-11-,23-18-/t24-,25-,28-,31+,32-,47?/m1/s1. The highest BCUT2D eigenvalue weighted by atomic mass is 32.2. The first kappa shape index (κ1) is 38.0. The van der Waals surface area contributed by atoms with E-state index >= 15 is 0 Å². The van der Waals surface area contributed by atoms with Gasteiger partial charge in [-0.3, -0.25) is 18.6 Å². The second-order valence-corrected chi connectivity index (χ2v) is 14.2. The van der Waals surface area contributed by atoms with Crippen molar-refractivity contribution >= 4 is 34.4 Å². The van der Waals surface area contributed by atoms with E-state index in [1.165, 1.54) is 17.1 Å². The fourth-order valence-electron chi connectivity index (χ4n) is 5.85. The third-order valence-electron chi connectivity index (χ3n) is 8.45. The Morgan fingerprint density at radius 3 is 2.57 bits per heavy atom. The maximum absolute atomic E-state index is 14.0.